The molecule has 1 heterocycles. The monoisotopic (exact) mass is 343 g/mol. The number of aryl methyl sites for hydroxylation is 2. The van der Waals surface area contributed by atoms with E-state index in [-0.39, 0.29) is 17.3 Å². The molecule has 0 radical (unpaired) electrons. The molecule has 0 saturated heterocycles. The normalized spacial score (nSPS) is 12.3. The van der Waals surface area contributed by atoms with Crippen LogP contribution in [0, 0.1) is 12.1 Å². The van der Waals surface area contributed by atoms with E-state index in [0.29, 0.717) is 17.0 Å². The summed E-state index contributed by atoms with van der Waals surface area (Å²) >= 11 is 0. The number of hydrogen-bond acceptors (Lipinski definition) is 4. The first-order valence-electron chi connectivity index (χ1n) is 7.04. The highest BCUT2D eigenvalue weighted by atomic mass is 19.4. The minimum atomic E-state index is -4.77. The summed E-state index contributed by atoms with van der Waals surface area (Å²) in [6.07, 6.45) is -3.63. The van der Waals surface area contributed by atoms with E-state index in [9.17, 15) is 18.4 Å². The summed E-state index contributed by atoms with van der Waals surface area (Å²) in [7, 11) is 1.62. The van der Waals surface area contributed by atoms with E-state index >= 15 is 0 Å². The molecule has 6 nitrogen and oxygen atoms in total. The van der Waals surface area contributed by atoms with Gasteiger partial charge in [-0.05, 0) is 30.7 Å². The summed E-state index contributed by atoms with van der Waals surface area (Å²) in [5.41, 5.74) is 2.11. The molecule has 0 aliphatic rings. The van der Waals surface area contributed by atoms with Gasteiger partial charge >= 0.3 is 6.36 Å². The minimum Gasteiger partial charge on any atom is -0.406 e. The molecule has 0 spiro atoms. The molecule has 24 heavy (non-hydrogen) atoms. The Morgan fingerprint density at radius 1 is 1.33 bits per heavy atom. The Morgan fingerprint density at radius 2 is 2.04 bits per heavy atom. The molecule has 0 saturated carbocycles. The maximum atomic E-state index is 12.4. The maximum absolute atomic E-state index is 12.4. The average molecular weight is 343 g/mol. The zero-order chi connectivity index (χ0) is 17.9. The Balaban J connectivity index is 2.39. The SMILES string of the molecule is CCO/[N+]([O-])=C\c1cc(-c2cc(OC(F)(F)F)ccc2C)n(C)n1. The highest BCUT2D eigenvalue weighted by Gasteiger charge is 2.31. The molecule has 2 rings (SSSR count). The summed E-state index contributed by atoms with van der Waals surface area (Å²) in [6.45, 7) is 3.62. The second kappa shape index (κ2) is 6.81. The zero-order valence-electron chi connectivity index (χ0n) is 13.3. The molecule has 130 valence electrons. The van der Waals surface area contributed by atoms with Gasteiger partial charge in [0, 0.05) is 17.5 Å². The van der Waals surface area contributed by atoms with Crippen LogP contribution in [0.3, 0.4) is 0 Å². The molecular formula is C15H16F3N3O3. The number of nitrogens with zero attached hydrogens (tertiary/aromatic N) is 3. The van der Waals surface area contributed by atoms with Gasteiger partial charge < -0.3 is 9.57 Å². The molecule has 0 aliphatic heterocycles. The van der Waals surface area contributed by atoms with E-state index in [1.54, 1.807) is 27.0 Å². The van der Waals surface area contributed by atoms with E-state index in [2.05, 4.69) is 9.84 Å². The predicted molar refractivity (Wildman–Crippen MR) is 80.5 cm³/mol. The first kappa shape index (κ1) is 17.6. The van der Waals surface area contributed by atoms with Crippen molar-refractivity contribution in [1.29, 1.82) is 0 Å². The molecule has 0 fully saturated rings. The van der Waals surface area contributed by atoms with Crippen molar-refractivity contribution in [2.24, 2.45) is 7.05 Å². The lowest BCUT2D eigenvalue weighted by molar-refractivity contribution is -0.737. The Hall–Kier alpha value is -2.71. The van der Waals surface area contributed by atoms with Gasteiger partial charge in [0.25, 0.3) is 6.21 Å². The summed E-state index contributed by atoms with van der Waals surface area (Å²) in [5, 5.41) is 15.5. The standard InChI is InChI=1S/C15H16F3N3O3/c1-4-23-21(22)9-11-7-14(20(3)19-11)13-8-12(6-5-10(13)2)24-15(16,17)18/h5-9H,4H2,1-3H3/b21-9-. The number of rotatable bonds is 5. The van der Waals surface area contributed by atoms with Crippen molar-refractivity contribution in [1.82, 2.24) is 9.78 Å². The maximum Gasteiger partial charge on any atom is 0.573 e. The van der Waals surface area contributed by atoms with Crippen molar-refractivity contribution in [2.75, 3.05) is 6.61 Å². The molecular weight excluding hydrogens is 327 g/mol. The molecule has 0 unspecified atom stereocenters. The van der Waals surface area contributed by atoms with Crippen molar-refractivity contribution in [2.45, 2.75) is 20.2 Å². The third-order valence-electron chi connectivity index (χ3n) is 3.11. The first-order valence-corrected chi connectivity index (χ1v) is 7.04. The van der Waals surface area contributed by atoms with E-state index in [4.69, 9.17) is 4.84 Å². The summed E-state index contributed by atoms with van der Waals surface area (Å²) in [5.74, 6) is -0.324. The molecule has 0 atom stereocenters. The van der Waals surface area contributed by atoms with E-state index in [0.717, 1.165) is 11.8 Å². The number of hydrogen-bond donors (Lipinski definition) is 0. The van der Waals surface area contributed by atoms with Crippen LogP contribution in [0.25, 0.3) is 11.3 Å². The van der Waals surface area contributed by atoms with Crippen LogP contribution in [0.4, 0.5) is 13.2 Å². The van der Waals surface area contributed by atoms with Crippen molar-refractivity contribution in [3.63, 3.8) is 0 Å². The molecule has 0 amide bonds. The van der Waals surface area contributed by atoms with Gasteiger partial charge in [0.05, 0.1) is 12.3 Å². The van der Waals surface area contributed by atoms with Crippen LogP contribution in [-0.2, 0) is 11.9 Å². The number of halogens is 3. The van der Waals surface area contributed by atoms with Crippen molar-refractivity contribution >= 4 is 6.21 Å². The van der Waals surface area contributed by atoms with Gasteiger partial charge in [0.2, 0.25) is 0 Å². The second-order valence-electron chi connectivity index (χ2n) is 4.93. The van der Waals surface area contributed by atoms with Crippen molar-refractivity contribution in [3.8, 4) is 17.0 Å². The zero-order valence-corrected chi connectivity index (χ0v) is 13.3. The van der Waals surface area contributed by atoms with Gasteiger partial charge in [0.1, 0.15) is 5.75 Å². The van der Waals surface area contributed by atoms with Crippen LogP contribution < -0.4 is 4.74 Å². The van der Waals surface area contributed by atoms with Crippen LogP contribution in [0.1, 0.15) is 18.2 Å². The quantitative estimate of drug-likeness (QED) is 0.475. The van der Waals surface area contributed by atoms with E-state index in [1.807, 2.05) is 0 Å². The molecule has 0 bridgehead atoms. The summed E-state index contributed by atoms with van der Waals surface area (Å²) < 4.78 is 42.5. The number of alkyl halides is 3. The molecule has 1 aromatic heterocycles. The fourth-order valence-corrected chi connectivity index (χ4v) is 2.15. The van der Waals surface area contributed by atoms with E-state index < -0.39 is 6.36 Å². The van der Waals surface area contributed by atoms with Gasteiger partial charge in [-0.2, -0.15) is 5.10 Å². The van der Waals surface area contributed by atoms with Crippen LogP contribution in [-0.4, -0.2) is 33.9 Å². The van der Waals surface area contributed by atoms with Crippen LogP contribution in [0.15, 0.2) is 24.3 Å². The molecule has 9 heteroatoms. The fourth-order valence-electron chi connectivity index (χ4n) is 2.15. The van der Waals surface area contributed by atoms with Gasteiger partial charge in [-0.25, -0.2) is 0 Å². The van der Waals surface area contributed by atoms with Crippen molar-refractivity contribution in [3.05, 3.63) is 40.7 Å². The summed E-state index contributed by atoms with van der Waals surface area (Å²) in [4.78, 5) is 5.01. The molecule has 0 N–H and O–H groups in total. The lowest BCUT2D eigenvalue weighted by Crippen LogP contribution is -2.17. The van der Waals surface area contributed by atoms with Gasteiger partial charge in [0.15, 0.2) is 5.69 Å². The van der Waals surface area contributed by atoms with Gasteiger partial charge in [-0.15, -0.1) is 13.2 Å². The van der Waals surface area contributed by atoms with Crippen molar-refractivity contribution < 1.29 is 27.6 Å². The van der Waals surface area contributed by atoms with Crippen LogP contribution >= 0.6 is 0 Å². The molecule has 2 aromatic rings. The lowest BCUT2D eigenvalue weighted by Gasteiger charge is -2.12. The second-order valence-corrected chi connectivity index (χ2v) is 4.93. The van der Waals surface area contributed by atoms with Crippen LogP contribution in [0.2, 0.25) is 0 Å². The Morgan fingerprint density at radius 3 is 2.67 bits per heavy atom. The smallest absolute Gasteiger partial charge is 0.406 e. The molecule has 0 aliphatic carbocycles. The number of ether oxygens (including phenoxy) is 1. The van der Waals surface area contributed by atoms with Gasteiger partial charge in [-0.3, -0.25) is 9.89 Å². The number of benzene rings is 1. The lowest BCUT2D eigenvalue weighted by atomic mass is 10.1. The Kier molecular flexibility index (Phi) is 5.01. The van der Waals surface area contributed by atoms with Gasteiger partial charge in [-0.1, -0.05) is 13.0 Å². The predicted octanol–water partition coefficient (Wildman–Crippen LogP) is 3.17. The fraction of sp³-hybridized carbons (Fsp3) is 0.333. The largest absolute Gasteiger partial charge is 0.573 e. The topological polar surface area (TPSA) is 62.4 Å². The van der Waals surface area contributed by atoms with E-state index in [1.165, 1.54) is 22.9 Å². The summed E-state index contributed by atoms with van der Waals surface area (Å²) in [6, 6.07) is 5.61. The van der Waals surface area contributed by atoms with Crippen LogP contribution in [0.5, 0.6) is 5.75 Å². The average Bonchev–Trinajstić information content (AvgIpc) is 2.80. The third kappa shape index (κ3) is 4.40. The number of aromatic nitrogens is 2. The first-order chi connectivity index (χ1) is 11.2. The molecule has 1 aromatic carbocycles. The minimum absolute atomic E-state index is 0.204. The Bertz CT molecular complexity index is 754. The highest BCUT2D eigenvalue weighted by molar-refractivity contribution is 5.77. The third-order valence-corrected chi connectivity index (χ3v) is 3.11. The highest BCUT2D eigenvalue weighted by Crippen LogP contribution is 2.30. The Labute approximate surface area is 136 Å².